The maximum absolute atomic E-state index is 5.75. The van der Waals surface area contributed by atoms with Gasteiger partial charge in [-0.1, -0.05) is 6.92 Å². The normalized spacial score (nSPS) is 13.9. The fourth-order valence-electron chi connectivity index (χ4n) is 1.26. The van der Waals surface area contributed by atoms with Crippen LogP contribution in [0.25, 0.3) is 0 Å². The Morgan fingerprint density at radius 1 is 1.60 bits per heavy atom. The number of hydrogen-bond donors (Lipinski definition) is 2. The first kappa shape index (κ1) is 12.0. The second kappa shape index (κ2) is 5.75. The van der Waals surface area contributed by atoms with E-state index in [9.17, 15) is 0 Å². The number of nitrogens with two attached hydrogens (primary N) is 1. The number of rotatable bonds is 4. The Balaban J connectivity index is 2.52. The van der Waals surface area contributed by atoms with Crippen LogP contribution in [-0.2, 0) is 0 Å². The molecule has 0 fully saturated rings. The second-order valence-corrected chi connectivity index (χ2v) is 4.90. The molecule has 0 aliphatic heterocycles. The van der Waals surface area contributed by atoms with Gasteiger partial charge in [0.1, 0.15) is 0 Å². The maximum atomic E-state index is 5.75. The molecule has 4 heteroatoms. The maximum Gasteiger partial charge on any atom is 0.189 e. The molecule has 0 saturated carbocycles. The highest BCUT2D eigenvalue weighted by atomic mass is 32.1. The van der Waals surface area contributed by atoms with E-state index in [0.717, 1.165) is 13.0 Å². The molecular weight excluding hydrogens is 206 g/mol. The van der Waals surface area contributed by atoms with Crippen molar-refractivity contribution in [2.75, 3.05) is 6.54 Å². The van der Waals surface area contributed by atoms with E-state index in [4.69, 9.17) is 5.73 Å². The van der Waals surface area contributed by atoms with Gasteiger partial charge in [-0.3, -0.25) is 4.99 Å². The summed E-state index contributed by atoms with van der Waals surface area (Å²) in [5, 5.41) is 3.18. The highest BCUT2D eigenvalue weighted by Gasteiger charge is 2.07. The highest BCUT2D eigenvalue weighted by molar-refractivity contribution is 7.12. The number of hydrogen-bond acceptors (Lipinski definition) is 2. The zero-order chi connectivity index (χ0) is 11.3. The molecule has 0 aliphatic rings. The zero-order valence-corrected chi connectivity index (χ0v) is 10.4. The van der Waals surface area contributed by atoms with Crippen LogP contribution < -0.4 is 11.1 Å². The molecule has 0 aromatic carbocycles. The summed E-state index contributed by atoms with van der Waals surface area (Å²) in [5.74, 6) is 0.537. The predicted molar refractivity (Wildman–Crippen MR) is 67.4 cm³/mol. The number of guanidine groups is 1. The molecule has 1 rings (SSSR count). The van der Waals surface area contributed by atoms with E-state index < -0.39 is 0 Å². The summed E-state index contributed by atoms with van der Waals surface area (Å²) in [5.41, 5.74) is 5.75. The molecule has 1 aromatic heterocycles. The smallest absolute Gasteiger partial charge is 0.189 e. The lowest BCUT2D eigenvalue weighted by Crippen LogP contribution is -2.33. The minimum atomic E-state index is 0.240. The minimum Gasteiger partial charge on any atom is -0.370 e. The standard InChI is InChI=1S/C11H19N3S/c1-4-7-13-11(12)14-9(3)10-6-5-8(2)15-10/h5-6,9H,4,7H2,1-3H3,(H3,12,13,14). The molecule has 3 nitrogen and oxygen atoms in total. The number of nitrogens with zero attached hydrogens (tertiary/aromatic N) is 1. The van der Waals surface area contributed by atoms with Crippen LogP contribution >= 0.6 is 11.3 Å². The van der Waals surface area contributed by atoms with Gasteiger partial charge in [0.15, 0.2) is 5.96 Å². The molecule has 0 radical (unpaired) electrons. The lowest BCUT2D eigenvalue weighted by molar-refractivity contribution is 0.720. The van der Waals surface area contributed by atoms with Crippen LogP contribution in [0.3, 0.4) is 0 Å². The fraction of sp³-hybridized carbons (Fsp3) is 0.545. The molecule has 0 saturated heterocycles. The number of nitrogens with one attached hydrogen (secondary N) is 1. The van der Waals surface area contributed by atoms with Crippen LogP contribution in [-0.4, -0.2) is 12.5 Å². The van der Waals surface area contributed by atoms with Gasteiger partial charge in [0.25, 0.3) is 0 Å². The van der Waals surface area contributed by atoms with Gasteiger partial charge in [-0.25, -0.2) is 0 Å². The Labute approximate surface area is 95.4 Å². The summed E-state index contributed by atoms with van der Waals surface area (Å²) < 4.78 is 0. The van der Waals surface area contributed by atoms with Crippen molar-refractivity contribution < 1.29 is 0 Å². The molecule has 0 aliphatic carbocycles. The number of thiophene rings is 1. The topological polar surface area (TPSA) is 50.4 Å². The van der Waals surface area contributed by atoms with E-state index >= 15 is 0 Å². The summed E-state index contributed by atoms with van der Waals surface area (Å²) in [6, 6.07) is 4.49. The molecule has 1 atom stereocenters. The van der Waals surface area contributed by atoms with Gasteiger partial charge in [-0.05, 0) is 32.4 Å². The second-order valence-electron chi connectivity index (χ2n) is 3.58. The minimum absolute atomic E-state index is 0.240. The van der Waals surface area contributed by atoms with Crippen LogP contribution in [0.4, 0.5) is 0 Å². The molecule has 1 unspecified atom stereocenters. The average Bonchev–Trinajstić information content (AvgIpc) is 2.61. The predicted octanol–water partition coefficient (Wildman–Crippen LogP) is 2.43. The summed E-state index contributed by atoms with van der Waals surface area (Å²) in [6.45, 7) is 7.08. The molecular formula is C11H19N3S. The molecule has 0 spiro atoms. The Morgan fingerprint density at radius 3 is 2.87 bits per heavy atom. The first-order valence-corrected chi connectivity index (χ1v) is 6.08. The van der Waals surface area contributed by atoms with Gasteiger partial charge in [-0.15, -0.1) is 11.3 Å². The molecule has 1 aromatic rings. The van der Waals surface area contributed by atoms with Crippen molar-refractivity contribution in [2.45, 2.75) is 33.2 Å². The quantitative estimate of drug-likeness (QED) is 0.611. The fourth-order valence-corrected chi connectivity index (χ4v) is 2.14. The Hall–Kier alpha value is -1.03. The van der Waals surface area contributed by atoms with Gasteiger partial charge in [0, 0.05) is 16.3 Å². The molecule has 0 bridgehead atoms. The SMILES string of the molecule is CCCN=C(N)NC(C)c1ccc(C)s1. The van der Waals surface area contributed by atoms with E-state index in [-0.39, 0.29) is 6.04 Å². The Kier molecular flexibility index (Phi) is 4.62. The summed E-state index contributed by atoms with van der Waals surface area (Å²) in [7, 11) is 0. The third-order valence-corrected chi connectivity index (χ3v) is 3.24. The van der Waals surface area contributed by atoms with Crippen molar-refractivity contribution in [3.63, 3.8) is 0 Å². The lowest BCUT2D eigenvalue weighted by Gasteiger charge is -2.12. The van der Waals surface area contributed by atoms with Crippen molar-refractivity contribution in [2.24, 2.45) is 10.7 Å². The van der Waals surface area contributed by atoms with E-state index in [0.29, 0.717) is 5.96 Å². The van der Waals surface area contributed by atoms with Crippen molar-refractivity contribution in [3.05, 3.63) is 21.9 Å². The molecule has 15 heavy (non-hydrogen) atoms. The van der Waals surface area contributed by atoms with Crippen LogP contribution in [0.5, 0.6) is 0 Å². The Bertz CT molecular complexity index is 330. The highest BCUT2D eigenvalue weighted by Crippen LogP contribution is 2.21. The van der Waals surface area contributed by atoms with Crippen molar-refractivity contribution >= 4 is 17.3 Å². The van der Waals surface area contributed by atoms with Crippen molar-refractivity contribution in [1.29, 1.82) is 0 Å². The van der Waals surface area contributed by atoms with Gasteiger partial charge in [-0.2, -0.15) is 0 Å². The van der Waals surface area contributed by atoms with Gasteiger partial charge in [0.2, 0.25) is 0 Å². The van der Waals surface area contributed by atoms with Crippen molar-refractivity contribution in [3.8, 4) is 0 Å². The van der Waals surface area contributed by atoms with Gasteiger partial charge >= 0.3 is 0 Å². The first-order chi connectivity index (χ1) is 7.13. The van der Waals surface area contributed by atoms with Crippen LogP contribution in [0.1, 0.15) is 36.1 Å². The average molecular weight is 225 g/mol. The third kappa shape index (κ3) is 3.91. The van der Waals surface area contributed by atoms with E-state index in [1.807, 2.05) is 0 Å². The molecule has 84 valence electrons. The molecule has 3 N–H and O–H groups in total. The van der Waals surface area contributed by atoms with Crippen molar-refractivity contribution in [1.82, 2.24) is 5.32 Å². The van der Waals surface area contributed by atoms with E-state index in [1.54, 1.807) is 11.3 Å². The molecule has 0 amide bonds. The van der Waals surface area contributed by atoms with E-state index in [1.165, 1.54) is 9.75 Å². The first-order valence-electron chi connectivity index (χ1n) is 5.26. The van der Waals surface area contributed by atoms with Gasteiger partial charge < -0.3 is 11.1 Å². The number of aliphatic imine (C=N–C) groups is 1. The Morgan fingerprint density at radius 2 is 2.33 bits per heavy atom. The van der Waals surface area contributed by atoms with Crippen LogP contribution in [0.15, 0.2) is 17.1 Å². The number of aryl methyl sites for hydroxylation is 1. The van der Waals surface area contributed by atoms with Crippen LogP contribution in [0, 0.1) is 6.92 Å². The lowest BCUT2D eigenvalue weighted by atomic mass is 10.3. The largest absolute Gasteiger partial charge is 0.370 e. The van der Waals surface area contributed by atoms with E-state index in [2.05, 4.69) is 43.2 Å². The summed E-state index contributed by atoms with van der Waals surface area (Å²) >= 11 is 1.79. The zero-order valence-electron chi connectivity index (χ0n) is 9.58. The summed E-state index contributed by atoms with van der Waals surface area (Å²) in [6.07, 6.45) is 1.02. The molecule has 1 heterocycles. The van der Waals surface area contributed by atoms with Gasteiger partial charge in [0.05, 0.1) is 6.04 Å². The summed E-state index contributed by atoms with van der Waals surface area (Å²) in [4.78, 5) is 6.82. The van der Waals surface area contributed by atoms with Crippen LogP contribution in [0.2, 0.25) is 0 Å². The third-order valence-electron chi connectivity index (χ3n) is 2.06. The monoisotopic (exact) mass is 225 g/mol.